The maximum Gasteiger partial charge on any atom is 0.303 e. The van der Waals surface area contributed by atoms with E-state index < -0.39 is 97.7 Å². The van der Waals surface area contributed by atoms with Crippen LogP contribution in [0.1, 0.15) is 48.0 Å². The van der Waals surface area contributed by atoms with Crippen LogP contribution in [0.2, 0.25) is 0 Å². The number of rotatable bonds is 31. The summed E-state index contributed by atoms with van der Waals surface area (Å²) >= 11 is 0. The van der Waals surface area contributed by atoms with Gasteiger partial charge in [-0.3, -0.25) is 28.8 Å². The predicted octanol–water partition coefficient (Wildman–Crippen LogP) is 0.367. The highest BCUT2D eigenvalue weighted by molar-refractivity contribution is 5.69. The second kappa shape index (κ2) is 31.1. The third-order valence-electron chi connectivity index (χ3n) is 8.12. The summed E-state index contributed by atoms with van der Waals surface area (Å²) in [6.07, 6.45) is -10.4. The molecule has 9 atom stereocenters. The van der Waals surface area contributed by atoms with Gasteiger partial charge >= 0.3 is 35.8 Å². The fourth-order valence-corrected chi connectivity index (χ4v) is 5.75. The first-order chi connectivity index (χ1) is 29.2. The normalized spacial score (nSPS) is 24.9. The largest absolute Gasteiger partial charge is 0.463 e. The lowest BCUT2D eigenvalue weighted by atomic mass is 9.97. The third-order valence-corrected chi connectivity index (χ3v) is 8.12. The Balaban J connectivity index is 1.97. The van der Waals surface area contributed by atoms with Crippen LogP contribution in [-0.2, 0) is 105 Å². The molecule has 2 aliphatic heterocycles. The fourth-order valence-electron chi connectivity index (χ4n) is 5.75. The predicted molar refractivity (Wildman–Crippen MR) is 203 cm³/mol. The molecule has 2 rings (SSSR count). The van der Waals surface area contributed by atoms with Crippen molar-refractivity contribution in [1.82, 2.24) is 0 Å². The molecule has 22 nitrogen and oxygen atoms in total. The molecule has 0 radical (unpaired) electrons. The van der Waals surface area contributed by atoms with Gasteiger partial charge in [-0.15, -0.1) is 6.58 Å². The molecular weight excluding hydrogens is 820 g/mol. The van der Waals surface area contributed by atoms with Crippen molar-refractivity contribution in [2.24, 2.45) is 0 Å². The average molecular weight is 883 g/mol. The van der Waals surface area contributed by atoms with Crippen molar-refractivity contribution in [1.29, 1.82) is 0 Å². The van der Waals surface area contributed by atoms with E-state index in [2.05, 4.69) is 6.58 Å². The Labute approximate surface area is 355 Å². The van der Waals surface area contributed by atoms with Gasteiger partial charge in [0.25, 0.3) is 0 Å². The number of hydrogen-bond donors (Lipinski definition) is 0. The molecule has 0 amide bonds. The highest BCUT2D eigenvalue weighted by atomic mass is 16.8. The van der Waals surface area contributed by atoms with E-state index in [4.69, 9.17) is 75.8 Å². The van der Waals surface area contributed by atoms with Crippen LogP contribution in [0.25, 0.3) is 0 Å². The fraction of sp³-hybridized carbons (Fsp3) is 0.795. The van der Waals surface area contributed by atoms with Crippen molar-refractivity contribution in [3.63, 3.8) is 0 Å². The van der Waals surface area contributed by atoms with Crippen LogP contribution in [0.3, 0.4) is 0 Å². The lowest BCUT2D eigenvalue weighted by molar-refractivity contribution is -0.344. The summed E-state index contributed by atoms with van der Waals surface area (Å²) in [6, 6.07) is 0. The van der Waals surface area contributed by atoms with Gasteiger partial charge in [-0.05, 0) is 0 Å². The maximum absolute atomic E-state index is 12.3. The first-order valence-corrected chi connectivity index (χ1v) is 19.8. The number of hydrogen-bond acceptors (Lipinski definition) is 22. The van der Waals surface area contributed by atoms with Crippen molar-refractivity contribution in [2.75, 3.05) is 99.1 Å². The topological polar surface area (TPSA) is 250 Å². The van der Waals surface area contributed by atoms with E-state index in [1.807, 2.05) is 0 Å². The van der Waals surface area contributed by atoms with Gasteiger partial charge < -0.3 is 75.8 Å². The van der Waals surface area contributed by atoms with E-state index in [9.17, 15) is 28.8 Å². The van der Waals surface area contributed by atoms with Crippen LogP contribution in [0.15, 0.2) is 12.7 Å². The molecule has 5 unspecified atom stereocenters. The third kappa shape index (κ3) is 23.3. The van der Waals surface area contributed by atoms with Gasteiger partial charge in [0.15, 0.2) is 37.0 Å². The molecule has 0 aliphatic carbocycles. The molecule has 0 aromatic carbocycles. The van der Waals surface area contributed by atoms with E-state index in [0.29, 0.717) is 59.5 Å². The van der Waals surface area contributed by atoms with Gasteiger partial charge in [-0.25, -0.2) is 0 Å². The first kappa shape index (κ1) is 53.3. The Morgan fingerprint density at radius 1 is 0.475 bits per heavy atom. The summed E-state index contributed by atoms with van der Waals surface area (Å²) in [7, 11) is 0. The molecular formula is C39H62O22. The molecule has 0 aromatic heterocycles. The van der Waals surface area contributed by atoms with Gasteiger partial charge in [0.2, 0.25) is 0 Å². The summed E-state index contributed by atoms with van der Waals surface area (Å²) in [6.45, 7) is 14.0. The molecule has 0 N–H and O–H groups in total. The van der Waals surface area contributed by atoms with Crippen LogP contribution in [-0.4, -0.2) is 190 Å². The zero-order valence-electron chi connectivity index (χ0n) is 35.8. The van der Waals surface area contributed by atoms with Crippen LogP contribution in [0.5, 0.6) is 0 Å². The van der Waals surface area contributed by atoms with Crippen molar-refractivity contribution in [3.8, 4) is 0 Å². The summed E-state index contributed by atoms with van der Waals surface area (Å²) in [5, 5.41) is 0. The van der Waals surface area contributed by atoms with Gasteiger partial charge in [0.1, 0.15) is 25.4 Å². The van der Waals surface area contributed by atoms with E-state index in [1.165, 1.54) is 13.8 Å². The standard InChI is InChI=1S/C39H62O22/c1-8-9-46-10-11-47-12-13-48-14-15-49-16-17-50-18-19-51-20-21-52-38-32(55-27(4)42)22-31(33(60-38)23-53-25(2)40)59-39-37(58-30(7)45)36(57-29(6)44)35(56-28(5)43)34(61-39)24-54-26(3)41/h8,31-39H,1,9-24H2,2-7H3/t31-,32?,33?,34?,35-,36?,37?,38+,39+/m0/s1. The summed E-state index contributed by atoms with van der Waals surface area (Å²) in [5.74, 6) is -4.52. The van der Waals surface area contributed by atoms with Gasteiger partial charge in [0.05, 0.1) is 92.0 Å². The van der Waals surface area contributed by atoms with E-state index >= 15 is 0 Å². The lowest BCUT2D eigenvalue weighted by Crippen LogP contribution is -2.64. The monoisotopic (exact) mass is 882 g/mol. The van der Waals surface area contributed by atoms with Crippen molar-refractivity contribution >= 4 is 35.8 Å². The quantitative estimate of drug-likeness (QED) is 0.0395. The van der Waals surface area contributed by atoms with E-state index in [-0.39, 0.29) is 39.5 Å². The van der Waals surface area contributed by atoms with Crippen molar-refractivity contribution in [2.45, 2.75) is 103 Å². The van der Waals surface area contributed by atoms with Crippen molar-refractivity contribution < 1.29 is 105 Å². The summed E-state index contributed by atoms with van der Waals surface area (Å²) in [4.78, 5) is 72.6. The molecule has 2 heterocycles. The van der Waals surface area contributed by atoms with Crippen molar-refractivity contribution in [3.05, 3.63) is 12.7 Å². The average Bonchev–Trinajstić information content (AvgIpc) is 3.18. The Kier molecular flexibility index (Phi) is 27.1. The van der Waals surface area contributed by atoms with E-state index in [0.717, 1.165) is 27.7 Å². The molecule has 61 heavy (non-hydrogen) atoms. The molecule has 2 fully saturated rings. The van der Waals surface area contributed by atoms with Gasteiger partial charge in [0, 0.05) is 48.0 Å². The zero-order chi connectivity index (χ0) is 45.0. The number of ether oxygens (including phenoxy) is 16. The molecule has 0 bridgehead atoms. The first-order valence-electron chi connectivity index (χ1n) is 19.8. The lowest BCUT2D eigenvalue weighted by Gasteiger charge is -2.46. The SMILES string of the molecule is C=CCOCCOCCOCCOCCOCCOCCO[C@@H]1OC(COC(C)=O)[C@@H](O[C@@H]2OC(COC(C)=O)[C@H](OC(C)=O)C(OC(C)=O)C2OC(C)=O)CC1OC(C)=O. The highest BCUT2D eigenvalue weighted by Crippen LogP contribution is 2.34. The molecule has 2 saturated heterocycles. The van der Waals surface area contributed by atoms with E-state index in [1.54, 1.807) is 6.08 Å². The molecule has 350 valence electrons. The zero-order valence-corrected chi connectivity index (χ0v) is 35.8. The molecule has 0 spiro atoms. The molecule has 0 aromatic rings. The van der Waals surface area contributed by atoms with Crippen LogP contribution >= 0.6 is 0 Å². The summed E-state index contributed by atoms with van der Waals surface area (Å²) in [5.41, 5.74) is 0. The second-order valence-corrected chi connectivity index (χ2v) is 13.3. The summed E-state index contributed by atoms with van der Waals surface area (Å²) < 4.78 is 89.3. The Hall–Kier alpha value is -3.84. The molecule has 0 saturated carbocycles. The Morgan fingerprint density at radius 3 is 1.34 bits per heavy atom. The Bertz CT molecular complexity index is 1330. The minimum Gasteiger partial charge on any atom is -0.463 e. The van der Waals surface area contributed by atoms with Crippen LogP contribution in [0, 0.1) is 0 Å². The highest BCUT2D eigenvalue weighted by Gasteiger charge is 2.54. The smallest absolute Gasteiger partial charge is 0.303 e. The maximum atomic E-state index is 12.3. The number of esters is 6. The number of carbonyl (C=O) groups excluding carboxylic acids is 6. The molecule has 2 aliphatic rings. The van der Waals surface area contributed by atoms with Crippen LogP contribution in [0.4, 0.5) is 0 Å². The Morgan fingerprint density at radius 2 is 0.885 bits per heavy atom. The number of carbonyl (C=O) groups is 6. The van der Waals surface area contributed by atoms with Gasteiger partial charge in [-0.2, -0.15) is 0 Å². The minimum absolute atomic E-state index is 0.00876. The van der Waals surface area contributed by atoms with Gasteiger partial charge in [-0.1, -0.05) is 6.08 Å². The second-order valence-electron chi connectivity index (χ2n) is 13.3. The van der Waals surface area contributed by atoms with Crippen LogP contribution < -0.4 is 0 Å². The molecule has 22 heteroatoms. The minimum atomic E-state index is -1.60.